The monoisotopic (exact) mass is 359 g/mol. The van der Waals surface area contributed by atoms with Crippen molar-refractivity contribution in [3.63, 3.8) is 0 Å². The van der Waals surface area contributed by atoms with Gasteiger partial charge in [0.2, 0.25) is 0 Å². The Kier molecular flexibility index (Phi) is 6.97. The predicted molar refractivity (Wildman–Crippen MR) is 102 cm³/mol. The topological polar surface area (TPSA) is 65.9 Å². The van der Waals surface area contributed by atoms with Crippen molar-refractivity contribution in [3.8, 4) is 5.75 Å². The van der Waals surface area contributed by atoms with Crippen LogP contribution in [0.1, 0.15) is 25.0 Å². The van der Waals surface area contributed by atoms with E-state index in [0.29, 0.717) is 25.6 Å². The fourth-order valence-corrected chi connectivity index (χ4v) is 2.48. The summed E-state index contributed by atoms with van der Waals surface area (Å²) in [6.07, 6.45) is 0. The van der Waals surface area contributed by atoms with Gasteiger partial charge in [0, 0.05) is 6.54 Å². The molecule has 0 fully saturated rings. The number of halogens is 1. The van der Waals surface area contributed by atoms with Gasteiger partial charge >= 0.3 is 0 Å². The largest absolute Gasteiger partial charge is 0.494 e. The quantitative estimate of drug-likeness (QED) is 0.525. The molecule has 0 saturated heterocycles. The Morgan fingerprint density at radius 3 is 2.54 bits per heavy atom. The fourth-order valence-electron chi connectivity index (χ4n) is 2.48. The fraction of sp³-hybridized carbons (Fsp3) is 0.350. The Balaban J connectivity index is 2.03. The molecule has 0 aromatic heterocycles. The van der Waals surface area contributed by atoms with E-state index in [4.69, 9.17) is 4.74 Å². The van der Waals surface area contributed by atoms with Crippen LogP contribution < -0.4 is 15.4 Å². The molecule has 2 aromatic carbocycles. The maximum absolute atomic E-state index is 13.8. The highest BCUT2D eigenvalue weighted by Gasteiger charge is 2.22. The summed E-state index contributed by atoms with van der Waals surface area (Å²) in [5, 5.41) is 16.9. The van der Waals surface area contributed by atoms with Gasteiger partial charge in [-0.05, 0) is 37.1 Å². The van der Waals surface area contributed by atoms with Gasteiger partial charge in [0.05, 0.1) is 20.2 Å². The minimum atomic E-state index is -1.04. The molecule has 0 aliphatic rings. The molecular formula is C20H26FN3O2. The van der Waals surface area contributed by atoms with Gasteiger partial charge in [-0.25, -0.2) is 9.38 Å². The maximum Gasteiger partial charge on any atom is 0.191 e. The average Bonchev–Trinajstić information content (AvgIpc) is 2.65. The third-order valence-electron chi connectivity index (χ3n) is 3.98. The van der Waals surface area contributed by atoms with Crippen LogP contribution >= 0.6 is 0 Å². The molecule has 2 rings (SSSR count). The van der Waals surface area contributed by atoms with Gasteiger partial charge in [0.15, 0.2) is 17.5 Å². The van der Waals surface area contributed by atoms with E-state index in [0.717, 1.165) is 11.1 Å². The number of ether oxygens (including phenoxy) is 1. The summed E-state index contributed by atoms with van der Waals surface area (Å²) in [5.41, 5.74) is 0.514. The summed E-state index contributed by atoms with van der Waals surface area (Å²) in [4.78, 5) is 4.45. The number of hydrogen-bond acceptors (Lipinski definition) is 3. The molecule has 140 valence electrons. The molecule has 0 bridgehead atoms. The van der Waals surface area contributed by atoms with Gasteiger partial charge < -0.3 is 20.5 Å². The van der Waals surface area contributed by atoms with Crippen molar-refractivity contribution in [2.75, 3.05) is 20.2 Å². The van der Waals surface area contributed by atoms with Gasteiger partial charge in [-0.1, -0.05) is 36.4 Å². The number of benzene rings is 2. The Morgan fingerprint density at radius 1 is 1.19 bits per heavy atom. The molecule has 6 heteroatoms. The maximum atomic E-state index is 13.8. The van der Waals surface area contributed by atoms with E-state index in [9.17, 15) is 9.50 Å². The van der Waals surface area contributed by atoms with E-state index in [1.807, 2.05) is 37.3 Å². The molecule has 0 saturated carbocycles. The molecule has 26 heavy (non-hydrogen) atoms. The lowest BCUT2D eigenvalue weighted by Crippen LogP contribution is -2.44. The van der Waals surface area contributed by atoms with E-state index in [1.54, 1.807) is 19.1 Å². The van der Waals surface area contributed by atoms with Crippen LogP contribution in [0.15, 0.2) is 53.5 Å². The standard InChI is InChI=1S/C20H26FN3O2/c1-4-22-19(23-13-15-10-11-18(26-3)17(21)12-15)24-14-20(2,25)16-8-6-5-7-9-16/h5-12,25H,4,13-14H2,1-3H3,(H2,22,23,24). The lowest BCUT2D eigenvalue weighted by molar-refractivity contribution is 0.0617. The van der Waals surface area contributed by atoms with E-state index in [-0.39, 0.29) is 5.75 Å². The Hall–Kier alpha value is -2.60. The van der Waals surface area contributed by atoms with Crippen molar-refractivity contribution in [3.05, 3.63) is 65.5 Å². The Labute approximate surface area is 153 Å². The first-order valence-corrected chi connectivity index (χ1v) is 8.58. The minimum Gasteiger partial charge on any atom is -0.494 e. The van der Waals surface area contributed by atoms with Crippen molar-refractivity contribution in [1.82, 2.24) is 10.6 Å². The van der Waals surface area contributed by atoms with Gasteiger partial charge in [-0.3, -0.25) is 0 Å². The molecule has 0 aliphatic heterocycles. The van der Waals surface area contributed by atoms with Crippen molar-refractivity contribution < 1.29 is 14.2 Å². The summed E-state index contributed by atoms with van der Waals surface area (Å²) < 4.78 is 18.7. The molecular weight excluding hydrogens is 333 g/mol. The number of guanidine groups is 1. The summed E-state index contributed by atoms with van der Waals surface area (Å²) in [7, 11) is 1.43. The molecule has 3 N–H and O–H groups in total. The third-order valence-corrected chi connectivity index (χ3v) is 3.98. The van der Waals surface area contributed by atoms with Crippen LogP contribution in [0.4, 0.5) is 4.39 Å². The van der Waals surface area contributed by atoms with Crippen LogP contribution in [-0.4, -0.2) is 31.3 Å². The van der Waals surface area contributed by atoms with E-state index >= 15 is 0 Å². The number of aliphatic imine (C=N–C) groups is 1. The second-order valence-electron chi connectivity index (χ2n) is 6.16. The van der Waals surface area contributed by atoms with Crippen molar-refractivity contribution in [1.29, 1.82) is 0 Å². The van der Waals surface area contributed by atoms with Gasteiger partial charge in [-0.2, -0.15) is 0 Å². The first kappa shape index (κ1) is 19.7. The highest BCUT2D eigenvalue weighted by Crippen LogP contribution is 2.19. The van der Waals surface area contributed by atoms with Crippen molar-refractivity contribution in [2.24, 2.45) is 4.99 Å². The number of hydrogen-bond donors (Lipinski definition) is 3. The third kappa shape index (κ3) is 5.46. The molecule has 1 atom stereocenters. The van der Waals surface area contributed by atoms with Gasteiger partial charge in [0.25, 0.3) is 0 Å². The van der Waals surface area contributed by atoms with Gasteiger partial charge in [0.1, 0.15) is 5.60 Å². The van der Waals surface area contributed by atoms with Crippen LogP contribution in [0.5, 0.6) is 5.75 Å². The number of aliphatic hydroxyl groups is 1. The smallest absolute Gasteiger partial charge is 0.191 e. The van der Waals surface area contributed by atoms with Crippen LogP contribution in [0, 0.1) is 5.82 Å². The zero-order valence-corrected chi connectivity index (χ0v) is 15.4. The molecule has 0 radical (unpaired) electrons. The number of nitrogens with zero attached hydrogens (tertiary/aromatic N) is 1. The van der Waals surface area contributed by atoms with E-state index in [1.165, 1.54) is 13.2 Å². The number of nitrogens with one attached hydrogen (secondary N) is 2. The average molecular weight is 359 g/mol. The first-order valence-electron chi connectivity index (χ1n) is 8.58. The predicted octanol–water partition coefficient (Wildman–Crippen LogP) is 2.80. The number of methoxy groups -OCH3 is 1. The molecule has 0 spiro atoms. The molecule has 2 aromatic rings. The summed E-state index contributed by atoms with van der Waals surface area (Å²) in [6.45, 7) is 4.98. The summed E-state index contributed by atoms with van der Waals surface area (Å²) >= 11 is 0. The first-order chi connectivity index (χ1) is 12.5. The lowest BCUT2D eigenvalue weighted by Gasteiger charge is -2.25. The van der Waals surface area contributed by atoms with Crippen molar-refractivity contribution >= 4 is 5.96 Å². The SMILES string of the molecule is CCNC(=NCc1ccc(OC)c(F)c1)NCC(C)(O)c1ccccc1. The highest BCUT2D eigenvalue weighted by atomic mass is 19.1. The van der Waals surface area contributed by atoms with E-state index < -0.39 is 11.4 Å². The molecule has 5 nitrogen and oxygen atoms in total. The van der Waals surface area contributed by atoms with Crippen LogP contribution in [0.3, 0.4) is 0 Å². The Morgan fingerprint density at radius 2 is 1.92 bits per heavy atom. The molecule has 0 amide bonds. The van der Waals surface area contributed by atoms with Gasteiger partial charge in [-0.15, -0.1) is 0 Å². The lowest BCUT2D eigenvalue weighted by atomic mass is 9.96. The minimum absolute atomic E-state index is 0.210. The molecule has 0 heterocycles. The van der Waals surface area contributed by atoms with Crippen LogP contribution in [0.2, 0.25) is 0 Å². The zero-order valence-electron chi connectivity index (χ0n) is 15.4. The van der Waals surface area contributed by atoms with E-state index in [2.05, 4.69) is 15.6 Å². The van der Waals surface area contributed by atoms with Crippen LogP contribution in [-0.2, 0) is 12.1 Å². The number of rotatable bonds is 7. The highest BCUT2D eigenvalue weighted by molar-refractivity contribution is 5.79. The van der Waals surface area contributed by atoms with Crippen molar-refractivity contribution in [2.45, 2.75) is 26.0 Å². The summed E-state index contributed by atoms with van der Waals surface area (Å²) in [5.74, 6) is 0.353. The molecule has 0 aliphatic carbocycles. The second-order valence-corrected chi connectivity index (χ2v) is 6.16. The summed E-state index contributed by atoms with van der Waals surface area (Å²) in [6, 6.07) is 14.2. The van der Waals surface area contributed by atoms with Crippen LogP contribution in [0.25, 0.3) is 0 Å². The Bertz CT molecular complexity index is 733. The normalized spacial score (nSPS) is 13.8. The zero-order chi connectivity index (χ0) is 19.0. The second kappa shape index (κ2) is 9.20. The molecule has 1 unspecified atom stereocenters.